The molecule has 0 aliphatic carbocycles. The van der Waals surface area contributed by atoms with Gasteiger partial charge in [0, 0.05) is 30.9 Å². The standard InChI is InChI=1S/C19H31N3O3/c1-11(2)17(22-9-14(5)25-15(6)10-22)19(24)20-8-16-12(3)7-13(4)21-18(16)23/h7,11,14-15,17H,8-10H2,1-6H3,(H,20,24)(H,21,23)/t14-,15+,17-/m1/s1. The fourth-order valence-electron chi connectivity index (χ4n) is 3.72. The fourth-order valence-corrected chi connectivity index (χ4v) is 3.72. The van der Waals surface area contributed by atoms with Crippen molar-refractivity contribution in [1.29, 1.82) is 0 Å². The summed E-state index contributed by atoms with van der Waals surface area (Å²) in [5, 5.41) is 2.97. The highest BCUT2D eigenvalue weighted by Gasteiger charge is 2.34. The van der Waals surface area contributed by atoms with E-state index < -0.39 is 0 Å². The zero-order valence-corrected chi connectivity index (χ0v) is 16.2. The zero-order chi connectivity index (χ0) is 18.7. The number of H-pyrrole nitrogens is 1. The molecule has 1 fully saturated rings. The largest absolute Gasteiger partial charge is 0.373 e. The second-order valence-electron chi connectivity index (χ2n) is 7.56. The molecular weight excluding hydrogens is 318 g/mol. The first-order chi connectivity index (χ1) is 11.7. The predicted octanol–water partition coefficient (Wildman–Crippen LogP) is 1.74. The van der Waals surface area contributed by atoms with E-state index in [-0.39, 0.29) is 42.2 Å². The molecule has 140 valence electrons. The Morgan fingerprint density at radius 2 is 1.92 bits per heavy atom. The summed E-state index contributed by atoms with van der Waals surface area (Å²) >= 11 is 0. The molecule has 6 heteroatoms. The van der Waals surface area contributed by atoms with Crippen LogP contribution in [0, 0.1) is 19.8 Å². The zero-order valence-electron chi connectivity index (χ0n) is 16.2. The second kappa shape index (κ2) is 8.15. The molecule has 0 spiro atoms. The van der Waals surface area contributed by atoms with Gasteiger partial charge in [0.05, 0.1) is 18.2 Å². The molecule has 0 bridgehead atoms. The van der Waals surface area contributed by atoms with Gasteiger partial charge < -0.3 is 15.0 Å². The fraction of sp³-hybridized carbons (Fsp3) is 0.684. The lowest BCUT2D eigenvalue weighted by molar-refractivity contribution is -0.135. The minimum Gasteiger partial charge on any atom is -0.373 e. The number of hydrogen-bond acceptors (Lipinski definition) is 4. The Morgan fingerprint density at radius 3 is 2.44 bits per heavy atom. The summed E-state index contributed by atoms with van der Waals surface area (Å²) in [5.74, 6) is 0.144. The van der Waals surface area contributed by atoms with Crippen LogP contribution in [0.2, 0.25) is 0 Å². The Bertz CT molecular complexity index is 658. The summed E-state index contributed by atoms with van der Waals surface area (Å²) in [4.78, 5) is 30.0. The number of hydrogen-bond donors (Lipinski definition) is 2. The average molecular weight is 349 g/mol. The number of morpholine rings is 1. The summed E-state index contributed by atoms with van der Waals surface area (Å²) < 4.78 is 5.78. The van der Waals surface area contributed by atoms with Crippen LogP contribution in [-0.2, 0) is 16.1 Å². The van der Waals surface area contributed by atoms with Gasteiger partial charge in [-0.2, -0.15) is 0 Å². The Hall–Kier alpha value is -1.66. The predicted molar refractivity (Wildman–Crippen MR) is 98.6 cm³/mol. The molecule has 0 unspecified atom stereocenters. The molecule has 3 atom stereocenters. The molecule has 2 rings (SSSR count). The lowest BCUT2D eigenvalue weighted by atomic mass is 9.99. The van der Waals surface area contributed by atoms with Crippen LogP contribution in [0.5, 0.6) is 0 Å². The quantitative estimate of drug-likeness (QED) is 0.849. The minimum atomic E-state index is -0.223. The van der Waals surface area contributed by atoms with E-state index in [1.807, 2.05) is 33.8 Å². The number of pyridine rings is 1. The van der Waals surface area contributed by atoms with Crippen molar-refractivity contribution in [2.24, 2.45) is 5.92 Å². The van der Waals surface area contributed by atoms with Crippen LogP contribution >= 0.6 is 0 Å². The first-order valence-electron chi connectivity index (χ1n) is 9.05. The first-order valence-corrected chi connectivity index (χ1v) is 9.05. The average Bonchev–Trinajstić information content (AvgIpc) is 2.44. The van der Waals surface area contributed by atoms with E-state index in [0.29, 0.717) is 5.56 Å². The number of nitrogens with zero attached hydrogens (tertiary/aromatic N) is 1. The van der Waals surface area contributed by atoms with Crippen molar-refractivity contribution in [3.05, 3.63) is 33.2 Å². The van der Waals surface area contributed by atoms with Crippen molar-refractivity contribution < 1.29 is 9.53 Å². The van der Waals surface area contributed by atoms with Crippen LogP contribution in [0.25, 0.3) is 0 Å². The molecule has 2 N–H and O–H groups in total. The van der Waals surface area contributed by atoms with Gasteiger partial charge in [-0.3, -0.25) is 14.5 Å². The van der Waals surface area contributed by atoms with Gasteiger partial charge in [0.1, 0.15) is 0 Å². The number of amides is 1. The van der Waals surface area contributed by atoms with E-state index in [2.05, 4.69) is 29.0 Å². The van der Waals surface area contributed by atoms with Crippen LogP contribution in [0.3, 0.4) is 0 Å². The van der Waals surface area contributed by atoms with E-state index in [0.717, 1.165) is 24.3 Å². The highest BCUT2D eigenvalue weighted by atomic mass is 16.5. The highest BCUT2D eigenvalue weighted by Crippen LogP contribution is 2.19. The van der Waals surface area contributed by atoms with Crippen molar-refractivity contribution in [2.75, 3.05) is 13.1 Å². The monoisotopic (exact) mass is 349 g/mol. The number of carbonyl (C=O) groups excluding carboxylic acids is 1. The number of rotatable bonds is 5. The van der Waals surface area contributed by atoms with Gasteiger partial charge in [0.15, 0.2) is 0 Å². The molecule has 0 aromatic carbocycles. The second-order valence-corrected chi connectivity index (χ2v) is 7.56. The van der Waals surface area contributed by atoms with Crippen molar-refractivity contribution in [3.63, 3.8) is 0 Å². The van der Waals surface area contributed by atoms with E-state index in [1.165, 1.54) is 0 Å². The molecule has 25 heavy (non-hydrogen) atoms. The number of aryl methyl sites for hydroxylation is 2. The first kappa shape index (κ1) is 19.7. The minimum absolute atomic E-state index is 0.0318. The van der Waals surface area contributed by atoms with Gasteiger partial charge in [-0.15, -0.1) is 0 Å². The number of ether oxygens (including phenoxy) is 1. The topological polar surface area (TPSA) is 74.4 Å². The Labute approximate surface area is 150 Å². The molecule has 0 saturated carbocycles. The summed E-state index contributed by atoms with van der Waals surface area (Å²) in [6.45, 7) is 13.7. The van der Waals surface area contributed by atoms with Crippen LogP contribution in [-0.4, -0.2) is 47.1 Å². The van der Waals surface area contributed by atoms with Gasteiger partial charge in [0.2, 0.25) is 5.91 Å². The SMILES string of the molecule is Cc1cc(C)c(CNC(=O)[C@@H](C(C)C)N2C[C@@H](C)O[C@@H](C)C2)c(=O)[nH]1. The lowest BCUT2D eigenvalue weighted by Crippen LogP contribution is -2.57. The van der Waals surface area contributed by atoms with Crippen LogP contribution in [0.4, 0.5) is 0 Å². The number of aromatic amines is 1. The number of carbonyl (C=O) groups is 1. The van der Waals surface area contributed by atoms with Gasteiger partial charge in [0.25, 0.3) is 5.56 Å². The Kier molecular flexibility index (Phi) is 6.41. The van der Waals surface area contributed by atoms with Gasteiger partial charge in [-0.05, 0) is 45.2 Å². The van der Waals surface area contributed by atoms with Gasteiger partial charge in [-0.25, -0.2) is 0 Å². The summed E-state index contributed by atoms with van der Waals surface area (Å²) in [6.07, 6.45) is 0.222. The van der Waals surface area contributed by atoms with E-state index in [4.69, 9.17) is 4.74 Å². The third kappa shape index (κ3) is 4.92. The maximum absolute atomic E-state index is 12.9. The Morgan fingerprint density at radius 1 is 1.32 bits per heavy atom. The molecule has 1 aromatic rings. The van der Waals surface area contributed by atoms with E-state index >= 15 is 0 Å². The van der Waals surface area contributed by atoms with Crippen LogP contribution < -0.4 is 10.9 Å². The van der Waals surface area contributed by atoms with Gasteiger partial charge >= 0.3 is 0 Å². The maximum Gasteiger partial charge on any atom is 0.253 e. The summed E-state index contributed by atoms with van der Waals surface area (Å²) in [5.41, 5.74) is 2.21. The molecular formula is C19H31N3O3. The maximum atomic E-state index is 12.9. The summed E-state index contributed by atoms with van der Waals surface area (Å²) in [7, 11) is 0. The molecule has 1 aliphatic rings. The third-order valence-electron chi connectivity index (χ3n) is 4.67. The Balaban J connectivity index is 2.10. The third-order valence-corrected chi connectivity index (χ3v) is 4.67. The normalized spacial score (nSPS) is 22.8. The molecule has 6 nitrogen and oxygen atoms in total. The number of nitrogens with one attached hydrogen (secondary N) is 2. The molecule has 1 amide bonds. The van der Waals surface area contributed by atoms with Crippen LogP contribution in [0.15, 0.2) is 10.9 Å². The van der Waals surface area contributed by atoms with Crippen molar-refractivity contribution in [2.45, 2.75) is 66.3 Å². The highest BCUT2D eigenvalue weighted by molar-refractivity contribution is 5.82. The molecule has 1 saturated heterocycles. The smallest absolute Gasteiger partial charge is 0.253 e. The molecule has 1 aromatic heterocycles. The molecule has 2 heterocycles. The lowest BCUT2D eigenvalue weighted by Gasteiger charge is -2.41. The van der Waals surface area contributed by atoms with E-state index in [1.54, 1.807) is 0 Å². The molecule has 0 radical (unpaired) electrons. The summed E-state index contributed by atoms with van der Waals surface area (Å²) in [6, 6.07) is 1.70. The number of aromatic nitrogens is 1. The van der Waals surface area contributed by atoms with Crippen molar-refractivity contribution in [1.82, 2.24) is 15.2 Å². The van der Waals surface area contributed by atoms with Crippen LogP contribution in [0.1, 0.15) is 44.5 Å². The van der Waals surface area contributed by atoms with Gasteiger partial charge in [-0.1, -0.05) is 13.8 Å². The van der Waals surface area contributed by atoms with E-state index in [9.17, 15) is 9.59 Å². The van der Waals surface area contributed by atoms with Crippen molar-refractivity contribution >= 4 is 5.91 Å². The molecule has 1 aliphatic heterocycles. The van der Waals surface area contributed by atoms with Crippen molar-refractivity contribution in [3.8, 4) is 0 Å².